The van der Waals surface area contributed by atoms with Crippen LogP contribution in [0, 0.1) is 10.1 Å². The molecular formula is C25H26N6O5S. The molecule has 192 valence electrons. The van der Waals surface area contributed by atoms with E-state index in [1.807, 2.05) is 35.2 Å². The molecule has 1 fully saturated rings. The minimum absolute atomic E-state index is 0.0308. The Morgan fingerprint density at radius 1 is 1.00 bits per heavy atom. The van der Waals surface area contributed by atoms with Gasteiger partial charge in [0.05, 0.1) is 9.82 Å². The van der Waals surface area contributed by atoms with E-state index in [1.54, 1.807) is 0 Å². The van der Waals surface area contributed by atoms with Crippen molar-refractivity contribution in [2.24, 2.45) is 0 Å². The molecule has 0 bridgehead atoms. The lowest BCUT2D eigenvalue weighted by Crippen LogP contribution is -2.49. The van der Waals surface area contributed by atoms with Crippen LogP contribution in [0.15, 0.2) is 64.0 Å². The summed E-state index contributed by atoms with van der Waals surface area (Å²) in [6, 6.07) is 14.6. The molecule has 0 atom stereocenters. The van der Waals surface area contributed by atoms with E-state index in [9.17, 15) is 18.5 Å². The van der Waals surface area contributed by atoms with Crippen LogP contribution in [0.4, 0.5) is 11.5 Å². The van der Waals surface area contributed by atoms with Gasteiger partial charge in [-0.05, 0) is 18.6 Å². The molecule has 1 saturated heterocycles. The molecule has 0 radical (unpaired) electrons. The molecule has 2 aromatic carbocycles. The number of benzene rings is 2. The Labute approximate surface area is 213 Å². The van der Waals surface area contributed by atoms with Crippen LogP contribution in [0.25, 0.3) is 22.4 Å². The fraction of sp³-hybridized carbons (Fsp3) is 0.320. The quantitative estimate of drug-likeness (QED) is 0.248. The zero-order valence-corrected chi connectivity index (χ0v) is 21.1. The van der Waals surface area contributed by atoms with Crippen LogP contribution in [-0.2, 0) is 16.4 Å². The van der Waals surface area contributed by atoms with Crippen molar-refractivity contribution in [1.29, 1.82) is 0 Å². The van der Waals surface area contributed by atoms with Crippen molar-refractivity contribution < 1.29 is 17.9 Å². The molecule has 4 aromatic rings. The van der Waals surface area contributed by atoms with E-state index in [2.05, 4.69) is 17.1 Å². The van der Waals surface area contributed by atoms with E-state index < -0.39 is 14.9 Å². The van der Waals surface area contributed by atoms with Crippen LogP contribution in [0.2, 0.25) is 0 Å². The number of hydrogen-bond donors (Lipinski definition) is 0. The maximum absolute atomic E-state index is 13.2. The van der Waals surface area contributed by atoms with Gasteiger partial charge in [-0.25, -0.2) is 13.4 Å². The lowest BCUT2D eigenvalue weighted by Gasteiger charge is -2.35. The van der Waals surface area contributed by atoms with E-state index in [-0.39, 0.29) is 23.7 Å². The summed E-state index contributed by atoms with van der Waals surface area (Å²) >= 11 is 0. The molecule has 0 unspecified atom stereocenters. The zero-order chi connectivity index (χ0) is 26.0. The zero-order valence-electron chi connectivity index (χ0n) is 20.3. The highest BCUT2D eigenvalue weighted by atomic mass is 32.2. The van der Waals surface area contributed by atoms with Crippen LogP contribution in [0.5, 0.6) is 0 Å². The van der Waals surface area contributed by atoms with Gasteiger partial charge in [-0.1, -0.05) is 48.8 Å². The van der Waals surface area contributed by atoms with Gasteiger partial charge in [-0.3, -0.25) is 10.1 Å². The number of non-ortho nitro benzene ring substituents is 1. The van der Waals surface area contributed by atoms with Gasteiger partial charge >= 0.3 is 0 Å². The van der Waals surface area contributed by atoms with Gasteiger partial charge in [0.15, 0.2) is 0 Å². The highest BCUT2D eigenvalue weighted by molar-refractivity contribution is 7.89. The number of piperazine rings is 1. The second-order valence-corrected chi connectivity index (χ2v) is 10.7. The van der Waals surface area contributed by atoms with Crippen LogP contribution in [-0.4, -0.2) is 58.9 Å². The first-order chi connectivity index (χ1) is 17.9. The molecule has 0 spiro atoms. The van der Waals surface area contributed by atoms with Gasteiger partial charge in [-0.15, -0.1) is 0 Å². The standard InChI is InChI=1S/C25H26N6O5S/c1-2-3-9-21-26-24(22-23(28-36-25(22)27-21)18-7-5-4-6-8-18)29-14-16-30(17-15-29)37(34,35)20-12-10-19(11-13-20)31(32)33/h4-8,10-13H,2-3,9,14-17H2,1H3. The van der Waals surface area contributed by atoms with Crippen LogP contribution in [0.1, 0.15) is 25.6 Å². The van der Waals surface area contributed by atoms with Crippen molar-refractivity contribution in [1.82, 2.24) is 19.4 Å². The molecule has 37 heavy (non-hydrogen) atoms. The first-order valence-corrected chi connectivity index (χ1v) is 13.5. The molecule has 0 saturated carbocycles. The SMILES string of the molecule is CCCCc1nc(N2CCN(S(=O)(=O)c3ccc([N+](=O)[O-])cc3)CC2)c2c(-c3ccccc3)noc2n1. The van der Waals surface area contributed by atoms with Crippen molar-refractivity contribution in [3.63, 3.8) is 0 Å². The van der Waals surface area contributed by atoms with Crippen LogP contribution in [0.3, 0.4) is 0 Å². The largest absolute Gasteiger partial charge is 0.353 e. The number of nitro groups is 1. The summed E-state index contributed by atoms with van der Waals surface area (Å²) in [4.78, 5) is 21.9. The molecule has 3 heterocycles. The Morgan fingerprint density at radius 2 is 1.70 bits per heavy atom. The Kier molecular flexibility index (Phi) is 6.85. The summed E-state index contributed by atoms with van der Waals surface area (Å²) in [7, 11) is -3.79. The Hall–Kier alpha value is -3.90. The topological polar surface area (TPSA) is 136 Å². The molecule has 12 heteroatoms. The predicted molar refractivity (Wildman–Crippen MR) is 138 cm³/mol. The van der Waals surface area contributed by atoms with Crippen LogP contribution >= 0.6 is 0 Å². The molecule has 0 N–H and O–H groups in total. The Bertz CT molecular complexity index is 1510. The van der Waals surface area contributed by atoms with Gasteiger partial charge in [0.25, 0.3) is 11.4 Å². The third kappa shape index (κ3) is 4.89. The highest BCUT2D eigenvalue weighted by Crippen LogP contribution is 2.34. The number of rotatable bonds is 8. The van der Waals surface area contributed by atoms with E-state index in [0.717, 1.165) is 18.4 Å². The van der Waals surface area contributed by atoms with Gasteiger partial charge in [0.2, 0.25) is 10.0 Å². The second-order valence-electron chi connectivity index (χ2n) is 8.79. The smallest absolute Gasteiger partial charge is 0.269 e. The molecule has 5 rings (SSSR count). The average Bonchev–Trinajstić information content (AvgIpc) is 3.36. The summed E-state index contributed by atoms with van der Waals surface area (Å²) in [5.41, 5.74) is 1.79. The van der Waals surface area contributed by atoms with Crippen molar-refractivity contribution in [3.05, 3.63) is 70.5 Å². The Morgan fingerprint density at radius 3 is 2.35 bits per heavy atom. The summed E-state index contributed by atoms with van der Waals surface area (Å²) in [5, 5.41) is 15.9. The fourth-order valence-corrected chi connectivity index (χ4v) is 5.80. The van der Waals surface area contributed by atoms with Crippen molar-refractivity contribution >= 4 is 32.6 Å². The van der Waals surface area contributed by atoms with Gasteiger partial charge in [0, 0.05) is 50.3 Å². The van der Waals surface area contributed by atoms with E-state index >= 15 is 0 Å². The molecular weight excluding hydrogens is 496 g/mol. The molecule has 11 nitrogen and oxygen atoms in total. The number of nitro benzene ring substituents is 1. The summed E-state index contributed by atoms with van der Waals surface area (Å²) in [5.74, 6) is 1.35. The molecule has 0 aliphatic carbocycles. The number of nitrogens with zero attached hydrogens (tertiary/aromatic N) is 6. The number of anilines is 1. The van der Waals surface area contributed by atoms with Crippen molar-refractivity contribution in [3.8, 4) is 11.3 Å². The summed E-state index contributed by atoms with van der Waals surface area (Å²) < 4.78 is 33.4. The third-order valence-corrected chi connectivity index (χ3v) is 8.30. The van der Waals surface area contributed by atoms with E-state index in [0.29, 0.717) is 47.9 Å². The number of aromatic nitrogens is 3. The van der Waals surface area contributed by atoms with E-state index in [1.165, 1.54) is 28.6 Å². The first-order valence-electron chi connectivity index (χ1n) is 12.1. The van der Waals surface area contributed by atoms with Gasteiger partial charge in [0.1, 0.15) is 22.7 Å². The lowest BCUT2D eigenvalue weighted by atomic mass is 10.1. The monoisotopic (exact) mass is 522 g/mol. The van der Waals surface area contributed by atoms with Crippen LogP contribution < -0.4 is 4.90 Å². The molecule has 2 aromatic heterocycles. The number of unbranched alkanes of at least 4 members (excludes halogenated alkanes) is 1. The number of aryl methyl sites for hydroxylation is 1. The Balaban J connectivity index is 1.44. The fourth-order valence-electron chi connectivity index (χ4n) is 4.38. The third-order valence-electron chi connectivity index (χ3n) is 6.39. The second kappa shape index (κ2) is 10.2. The minimum atomic E-state index is -3.79. The number of hydrogen-bond acceptors (Lipinski definition) is 9. The van der Waals surface area contributed by atoms with Crippen molar-refractivity contribution in [2.45, 2.75) is 31.1 Å². The maximum Gasteiger partial charge on any atom is 0.269 e. The minimum Gasteiger partial charge on any atom is -0.353 e. The molecule has 0 amide bonds. The molecule has 1 aliphatic heterocycles. The average molecular weight is 523 g/mol. The first kappa shape index (κ1) is 24.8. The number of fused-ring (bicyclic) bond motifs is 1. The van der Waals surface area contributed by atoms with Gasteiger partial charge < -0.3 is 9.42 Å². The van der Waals surface area contributed by atoms with E-state index in [4.69, 9.17) is 9.51 Å². The maximum atomic E-state index is 13.2. The summed E-state index contributed by atoms with van der Waals surface area (Å²) in [6.07, 6.45) is 2.64. The lowest BCUT2D eigenvalue weighted by molar-refractivity contribution is -0.384. The van der Waals surface area contributed by atoms with Gasteiger partial charge in [-0.2, -0.15) is 9.29 Å². The summed E-state index contributed by atoms with van der Waals surface area (Å²) in [6.45, 7) is 3.39. The highest BCUT2D eigenvalue weighted by Gasteiger charge is 2.31. The number of sulfonamides is 1. The predicted octanol–water partition coefficient (Wildman–Crippen LogP) is 4.05. The normalized spacial score (nSPS) is 14.8. The van der Waals surface area contributed by atoms with Crippen molar-refractivity contribution in [2.75, 3.05) is 31.1 Å². The molecule has 1 aliphatic rings.